The molecule has 0 aliphatic heterocycles. The Kier molecular flexibility index (Phi) is 4.48. The zero-order chi connectivity index (χ0) is 12.8. The molecule has 2 aromatic rings. The highest BCUT2D eigenvalue weighted by atomic mass is 19.1. The van der Waals surface area contributed by atoms with Crippen molar-refractivity contribution >= 4 is 0 Å². The molecule has 0 saturated carbocycles. The third-order valence-corrected chi connectivity index (χ3v) is 2.92. The lowest BCUT2D eigenvalue weighted by Crippen LogP contribution is -2.14. The van der Waals surface area contributed by atoms with E-state index < -0.39 is 0 Å². The van der Waals surface area contributed by atoms with Gasteiger partial charge in [0.05, 0.1) is 0 Å². The highest BCUT2D eigenvalue weighted by molar-refractivity contribution is 5.67. The van der Waals surface area contributed by atoms with E-state index in [1.807, 2.05) is 36.4 Å². The lowest BCUT2D eigenvalue weighted by atomic mass is 9.99. The lowest BCUT2D eigenvalue weighted by Gasteiger charge is -2.11. The van der Waals surface area contributed by atoms with Gasteiger partial charge in [0.25, 0.3) is 0 Å². The molecular formula is C16H18FN. The summed E-state index contributed by atoms with van der Waals surface area (Å²) in [6.07, 6.45) is 1.10. The van der Waals surface area contributed by atoms with Crippen LogP contribution in [0.25, 0.3) is 11.1 Å². The summed E-state index contributed by atoms with van der Waals surface area (Å²) in [7, 11) is 0. The van der Waals surface area contributed by atoms with Gasteiger partial charge in [0.1, 0.15) is 5.82 Å². The largest absolute Gasteiger partial charge is 0.313 e. The van der Waals surface area contributed by atoms with Crippen LogP contribution in [0.15, 0.2) is 48.5 Å². The first-order valence-electron chi connectivity index (χ1n) is 6.36. The summed E-state index contributed by atoms with van der Waals surface area (Å²) in [5.41, 5.74) is 2.78. The maximum absolute atomic E-state index is 13.8. The lowest BCUT2D eigenvalue weighted by molar-refractivity contribution is 0.630. The molecule has 2 heteroatoms. The van der Waals surface area contributed by atoms with E-state index in [2.05, 4.69) is 12.2 Å². The van der Waals surface area contributed by atoms with Crippen LogP contribution in [0.2, 0.25) is 0 Å². The van der Waals surface area contributed by atoms with Gasteiger partial charge in [0, 0.05) is 12.1 Å². The Bertz CT molecular complexity index is 508. The molecule has 0 fully saturated rings. The van der Waals surface area contributed by atoms with Crippen molar-refractivity contribution in [3.63, 3.8) is 0 Å². The third-order valence-electron chi connectivity index (χ3n) is 2.92. The molecule has 94 valence electrons. The minimum atomic E-state index is -0.166. The summed E-state index contributed by atoms with van der Waals surface area (Å²) in [4.78, 5) is 0. The second-order valence-corrected chi connectivity index (χ2v) is 4.31. The SMILES string of the molecule is CCCNCc1ccccc1-c1ccccc1F. The fourth-order valence-electron chi connectivity index (χ4n) is 2.02. The molecular weight excluding hydrogens is 225 g/mol. The molecule has 0 bridgehead atoms. The van der Waals surface area contributed by atoms with Crippen molar-refractivity contribution in [1.29, 1.82) is 0 Å². The monoisotopic (exact) mass is 243 g/mol. The van der Waals surface area contributed by atoms with Crippen molar-refractivity contribution in [2.75, 3.05) is 6.54 Å². The zero-order valence-electron chi connectivity index (χ0n) is 10.6. The van der Waals surface area contributed by atoms with Crippen LogP contribution < -0.4 is 5.32 Å². The van der Waals surface area contributed by atoms with Crippen molar-refractivity contribution in [2.24, 2.45) is 0 Å². The third kappa shape index (κ3) is 2.96. The van der Waals surface area contributed by atoms with Crippen LogP contribution in [0.5, 0.6) is 0 Å². The number of benzene rings is 2. The van der Waals surface area contributed by atoms with Crippen molar-refractivity contribution in [1.82, 2.24) is 5.32 Å². The summed E-state index contributed by atoms with van der Waals surface area (Å²) in [6.45, 7) is 3.89. The number of hydrogen-bond donors (Lipinski definition) is 1. The normalized spacial score (nSPS) is 10.6. The van der Waals surface area contributed by atoms with Crippen LogP contribution in [0.1, 0.15) is 18.9 Å². The van der Waals surface area contributed by atoms with Gasteiger partial charge < -0.3 is 5.32 Å². The quantitative estimate of drug-likeness (QED) is 0.783. The molecule has 2 rings (SSSR count). The summed E-state index contributed by atoms with van der Waals surface area (Å²) in [5.74, 6) is -0.166. The first-order valence-corrected chi connectivity index (χ1v) is 6.36. The van der Waals surface area contributed by atoms with Gasteiger partial charge in [-0.25, -0.2) is 4.39 Å². The van der Waals surface area contributed by atoms with Gasteiger partial charge in [-0.1, -0.05) is 49.4 Å². The Labute approximate surface area is 108 Å². The Morgan fingerprint density at radius 3 is 2.33 bits per heavy atom. The average molecular weight is 243 g/mol. The van der Waals surface area contributed by atoms with E-state index in [4.69, 9.17) is 0 Å². The van der Waals surface area contributed by atoms with E-state index in [9.17, 15) is 4.39 Å². The Morgan fingerprint density at radius 2 is 1.61 bits per heavy atom. The number of nitrogens with one attached hydrogen (secondary N) is 1. The van der Waals surface area contributed by atoms with E-state index >= 15 is 0 Å². The maximum atomic E-state index is 13.8. The van der Waals surface area contributed by atoms with Gasteiger partial charge in [-0.05, 0) is 30.2 Å². The minimum Gasteiger partial charge on any atom is -0.313 e. The topological polar surface area (TPSA) is 12.0 Å². The van der Waals surface area contributed by atoms with E-state index in [1.165, 1.54) is 6.07 Å². The van der Waals surface area contributed by atoms with E-state index in [1.54, 1.807) is 6.07 Å². The molecule has 0 spiro atoms. The highest BCUT2D eigenvalue weighted by Gasteiger charge is 2.07. The Morgan fingerprint density at radius 1 is 0.944 bits per heavy atom. The molecule has 1 nitrogen and oxygen atoms in total. The molecule has 18 heavy (non-hydrogen) atoms. The molecule has 0 amide bonds. The molecule has 1 N–H and O–H groups in total. The summed E-state index contributed by atoms with van der Waals surface area (Å²) in [5, 5.41) is 3.36. The van der Waals surface area contributed by atoms with Gasteiger partial charge in [-0.3, -0.25) is 0 Å². The summed E-state index contributed by atoms with van der Waals surface area (Å²) >= 11 is 0. The summed E-state index contributed by atoms with van der Waals surface area (Å²) in [6, 6.07) is 14.9. The summed E-state index contributed by atoms with van der Waals surface area (Å²) < 4.78 is 13.8. The van der Waals surface area contributed by atoms with Crippen molar-refractivity contribution in [3.05, 3.63) is 59.9 Å². The average Bonchev–Trinajstić information content (AvgIpc) is 2.40. The van der Waals surface area contributed by atoms with Crippen molar-refractivity contribution in [2.45, 2.75) is 19.9 Å². The predicted molar refractivity (Wildman–Crippen MR) is 73.8 cm³/mol. The molecule has 0 atom stereocenters. The van der Waals surface area contributed by atoms with Gasteiger partial charge in [0.2, 0.25) is 0 Å². The van der Waals surface area contributed by atoms with Gasteiger partial charge in [-0.15, -0.1) is 0 Å². The maximum Gasteiger partial charge on any atom is 0.131 e. The van der Waals surface area contributed by atoms with Gasteiger partial charge >= 0.3 is 0 Å². The van der Waals surface area contributed by atoms with Crippen LogP contribution >= 0.6 is 0 Å². The van der Waals surface area contributed by atoms with E-state index in [-0.39, 0.29) is 5.82 Å². The van der Waals surface area contributed by atoms with Crippen molar-refractivity contribution < 1.29 is 4.39 Å². The first-order chi connectivity index (χ1) is 8.83. The molecule has 0 aromatic heterocycles. The van der Waals surface area contributed by atoms with Crippen LogP contribution in [0.4, 0.5) is 4.39 Å². The first kappa shape index (κ1) is 12.8. The molecule has 0 saturated heterocycles. The highest BCUT2D eigenvalue weighted by Crippen LogP contribution is 2.25. The van der Waals surface area contributed by atoms with Crippen LogP contribution in [-0.2, 0) is 6.54 Å². The molecule has 0 unspecified atom stereocenters. The van der Waals surface area contributed by atoms with E-state index in [0.717, 1.165) is 30.6 Å². The van der Waals surface area contributed by atoms with Crippen LogP contribution in [0, 0.1) is 5.82 Å². The number of halogens is 1. The fourth-order valence-corrected chi connectivity index (χ4v) is 2.02. The Hall–Kier alpha value is -1.67. The standard InChI is InChI=1S/C16H18FN/c1-2-11-18-12-13-7-3-4-8-14(13)15-9-5-6-10-16(15)17/h3-10,18H,2,11-12H2,1H3. The molecule has 0 aliphatic carbocycles. The van der Waals surface area contributed by atoms with Gasteiger partial charge in [-0.2, -0.15) is 0 Å². The smallest absolute Gasteiger partial charge is 0.131 e. The van der Waals surface area contributed by atoms with Crippen molar-refractivity contribution in [3.8, 4) is 11.1 Å². The number of hydrogen-bond acceptors (Lipinski definition) is 1. The Balaban J connectivity index is 2.30. The molecule has 0 aliphatic rings. The fraction of sp³-hybridized carbons (Fsp3) is 0.250. The van der Waals surface area contributed by atoms with E-state index in [0.29, 0.717) is 5.56 Å². The second-order valence-electron chi connectivity index (χ2n) is 4.31. The number of rotatable bonds is 5. The zero-order valence-corrected chi connectivity index (χ0v) is 10.6. The second kappa shape index (κ2) is 6.31. The minimum absolute atomic E-state index is 0.166. The predicted octanol–water partition coefficient (Wildman–Crippen LogP) is 3.99. The van der Waals surface area contributed by atoms with Crippen LogP contribution in [-0.4, -0.2) is 6.54 Å². The molecule has 2 aromatic carbocycles. The molecule has 0 radical (unpaired) electrons. The molecule has 0 heterocycles. The van der Waals surface area contributed by atoms with Gasteiger partial charge in [0.15, 0.2) is 0 Å². The van der Waals surface area contributed by atoms with Crippen LogP contribution in [0.3, 0.4) is 0 Å².